The molecule has 0 aliphatic rings. The highest BCUT2D eigenvalue weighted by Crippen LogP contribution is 2.27. The molecule has 0 N–H and O–H groups in total. The zero-order valence-electron chi connectivity index (χ0n) is 11.9. The van der Waals surface area contributed by atoms with Crippen molar-refractivity contribution in [3.8, 4) is 0 Å². The van der Waals surface area contributed by atoms with Gasteiger partial charge in [-0.25, -0.2) is 0 Å². The summed E-state index contributed by atoms with van der Waals surface area (Å²) in [4.78, 5) is 12.2. The Bertz CT molecular complexity index is 376. The fourth-order valence-corrected chi connectivity index (χ4v) is 3.48. The monoisotopic (exact) mass is 326 g/mol. The van der Waals surface area contributed by atoms with Gasteiger partial charge in [-0.05, 0) is 30.7 Å². The SMILES string of the molecule is CCOC(=O)C(Cc1ccccc1)C(CBr)C(C)C. The predicted octanol–water partition coefficient (Wildman–Crippen LogP) is 4.08. The highest BCUT2D eigenvalue weighted by molar-refractivity contribution is 9.09. The molecule has 1 rings (SSSR count). The highest BCUT2D eigenvalue weighted by atomic mass is 79.9. The van der Waals surface area contributed by atoms with E-state index in [1.165, 1.54) is 5.56 Å². The van der Waals surface area contributed by atoms with Gasteiger partial charge in [-0.1, -0.05) is 60.1 Å². The van der Waals surface area contributed by atoms with Crippen LogP contribution in [0.25, 0.3) is 0 Å². The second kappa shape index (κ2) is 8.36. The molecule has 0 aliphatic heterocycles. The molecule has 2 atom stereocenters. The van der Waals surface area contributed by atoms with Crippen LogP contribution >= 0.6 is 15.9 Å². The Morgan fingerprint density at radius 3 is 2.37 bits per heavy atom. The van der Waals surface area contributed by atoms with Crippen molar-refractivity contribution in [1.29, 1.82) is 0 Å². The van der Waals surface area contributed by atoms with Gasteiger partial charge < -0.3 is 4.74 Å². The first-order valence-corrected chi connectivity index (χ1v) is 7.98. The van der Waals surface area contributed by atoms with Crippen molar-refractivity contribution in [2.24, 2.45) is 17.8 Å². The van der Waals surface area contributed by atoms with Gasteiger partial charge >= 0.3 is 5.97 Å². The van der Waals surface area contributed by atoms with Gasteiger partial charge in [0, 0.05) is 5.33 Å². The lowest BCUT2D eigenvalue weighted by Gasteiger charge is -2.27. The number of hydrogen-bond acceptors (Lipinski definition) is 2. The maximum absolute atomic E-state index is 12.2. The summed E-state index contributed by atoms with van der Waals surface area (Å²) in [7, 11) is 0. The summed E-state index contributed by atoms with van der Waals surface area (Å²) >= 11 is 3.54. The van der Waals surface area contributed by atoms with E-state index >= 15 is 0 Å². The number of alkyl halides is 1. The molecule has 2 nitrogen and oxygen atoms in total. The molecular formula is C16H23BrO2. The van der Waals surface area contributed by atoms with Crippen molar-refractivity contribution in [3.05, 3.63) is 35.9 Å². The summed E-state index contributed by atoms with van der Waals surface area (Å²) in [6.45, 7) is 6.61. The largest absolute Gasteiger partial charge is 0.466 e. The third kappa shape index (κ3) is 4.98. The molecule has 3 heteroatoms. The quantitative estimate of drug-likeness (QED) is 0.557. The average Bonchev–Trinajstić information content (AvgIpc) is 2.39. The second-order valence-corrected chi connectivity index (χ2v) is 5.76. The molecular weight excluding hydrogens is 304 g/mol. The standard InChI is InChI=1S/C16H23BrO2/c1-4-19-16(18)14(15(11-17)12(2)3)10-13-8-6-5-7-9-13/h5-9,12,14-15H,4,10-11H2,1-3H3. The number of rotatable bonds is 7. The maximum atomic E-state index is 12.2. The van der Waals surface area contributed by atoms with Crippen molar-refractivity contribution >= 4 is 21.9 Å². The number of esters is 1. The first-order chi connectivity index (χ1) is 9.10. The molecule has 0 bridgehead atoms. The molecule has 106 valence electrons. The van der Waals surface area contributed by atoms with Crippen LogP contribution in [-0.2, 0) is 16.0 Å². The summed E-state index contributed by atoms with van der Waals surface area (Å²) in [6, 6.07) is 10.1. The van der Waals surface area contributed by atoms with E-state index in [1.807, 2.05) is 25.1 Å². The van der Waals surface area contributed by atoms with E-state index in [0.29, 0.717) is 18.4 Å². The van der Waals surface area contributed by atoms with Crippen LogP contribution in [0.15, 0.2) is 30.3 Å². The van der Waals surface area contributed by atoms with Gasteiger partial charge in [0.15, 0.2) is 0 Å². The van der Waals surface area contributed by atoms with Gasteiger partial charge in [0.25, 0.3) is 0 Å². The molecule has 0 spiro atoms. The van der Waals surface area contributed by atoms with Gasteiger partial charge in [-0.15, -0.1) is 0 Å². The molecule has 19 heavy (non-hydrogen) atoms. The Morgan fingerprint density at radius 2 is 1.89 bits per heavy atom. The number of benzene rings is 1. The summed E-state index contributed by atoms with van der Waals surface area (Å²) < 4.78 is 5.25. The number of hydrogen-bond donors (Lipinski definition) is 0. The Morgan fingerprint density at radius 1 is 1.26 bits per heavy atom. The van der Waals surface area contributed by atoms with Crippen molar-refractivity contribution in [3.63, 3.8) is 0 Å². The summed E-state index contributed by atoms with van der Waals surface area (Å²) in [5.41, 5.74) is 1.19. The molecule has 0 aliphatic carbocycles. The maximum Gasteiger partial charge on any atom is 0.309 e. The summed E-state index contributed by atoms with van der Waals surface area (Å²) in [5, 5.41) is 0.820. The van der Waals surface area contributed by atoms with E-state index in [2.05, 4.69) is 41.9 Å². The van der Waals surface area contributed by atoms with Gasteiger partial charge in [-0.3, -0.25) is 4.79 Å². The molecule has 1 aromatic rings. The normalized spacial score (nSPS) is 14.2. The zero-order valence-corrected chi connectivity index (χ0v) is 13.5. The first-order valence-electron chi connectivity index (χ1n) is 6.86. The minimum atomic E-state index is -0.0817. The fourth-order valence-electron chi connectivity index (χ4n) is 2.28. The lowest BCUT2D eigenvalue weighted by molar-refractivity contribution is -0.150. The molecule has 2 unspecified atom stereocenters. The van der Waals surface area contributed by atoms with Crippen LogP contribution in [-0.4, -0.2) is 17.9 Å². The van der Waals surface area contributed by atoms with Gasteiger partial charge in [0.2, 0.25) is 0 Å². The lowest BCUT2D eigenvalue weighted by Crippen LogP contribution is -2.32. The van der Waals surface area contributed by atoms with E-state index in [-0.39, 0.29) is 11.9 Å². The van der Waals surface area contributed by atoms with Crippen LogP contribution in [0.1, 0.15) is 26.3 Å². The molecule has 0 aromatic heterocycles. The lowest BCUT2D eigenvalue weighted by atomic mass is 9.81. The predicted molar refractivity (Wildman–Crippen MR) is 82.4 cm³/mol. The first kappa shape index (κ1) is 16.2. The van der Waals surface area contributed by atoms with Crippen LogP contribution in [0, 0.1) is 17.8 Å². The topological polar surface area (TPSA) is 26.3 Å². The van der Waals surface area contributed by atoms with E-state index in [9.17, 15) is 4.79 Å². The van der Waals surface area contributed by atoms with E-state index < -0.39 is 0 Å². The van der Waals surface area contributed by atoms with E-state index in [1.54, 1.807) is 0 Å². The van der Waals surface area contributed by atoms with Crippen LogP contribution in [0.3, 0.4) is 0 Å². The molecule has 0 fully saturated rings. The highest BCUT2D eigenvalue weighted by Gasteiger charge is 2.31. The Kier molecular flexibility index (Phi) is 7.14. The molecule has 0 saturated carbocycles. The number of carbonyl (C=O) groups excluding carboxylic acids is 1. The average molecular weight is 327 g/mol. The van der Waals surface area contributed by atoms with E-state index in [4.69, 9.17) is 4.74 Å². The van der Waals surface area contributed by atoms with Crippen LogP contribution in [0.2, 0.25) is 0 Å². The van der Waals surface area contributed by atoms with Gasteiger partial charge in [0.05, 0.1) is 12.5 Å². The summed E-state index contributed by atoms with van der Waals surface area (Å²) in [5.74, 6) is 0.572. The van der Waals surface area contributed by atoms with Crippen molar-refractivity contribution < 1.29 is 9.53 Å². The number of carbonyl (C=O) groups is 1. The van der Waals surface area contributed by atoms with Crippen molar-refractivity contribution in [2.45, 2.75) is 27.2 Å². The van der Waals surface area contributed by atoms with Crippen LogP contribution < -0.4 is 0 Å². The third-order valence-electron chi connectivity index (χ3n) is 3.44. The minimum Gasteiger partial charge on any atom is -0.466 e. The van der Waals surface area contributed by atoms with Crippen molar-refractivity contribution in [1.82, 2.24) is 0 Å². The van der Waals surface area contributed by atoms with Gasteiger partial charge in [0.1, 0.15) is 0 Å². The fraction of sp³-hybridized carbons (Fsp3) is 0.562. The number of ether oxygens (including phenoxy) is 1. The molecule has 1 aromatic carbocycles. The van der Waals surface area contributed by atoms with Gasteiger partial charge in [-0.2, -0.15) is 0 Å². The molecule has 0 amide bonds. The van der Waals surface area contributed by atoms with Crippen LogP contribution in [0.5, 0.6) is 0 Å². The smallest absolute Gasteiger partial charge is 0.309 e. The van der Waals surface area contributed by atoms with Crippen molar-refractivity contribution in [2.75, 3.05) is 11.9 Å². The number of halogens is 1. The minimum absolute atomic E-state index is 0.0792. The Labute approximate surface area is 124 Å². The molecule has 0 heterocycles. The zero-order chi connectivity index (χ0) is 14.3. The second-order valence-electron chi connectivity index (χ2n) is 5.11. The van der Waals surface area contributed by atoms with Crippen LogP contribution in [0.4, 0.5) is 0 Å². The Balaban J connectivity index is 2.88. The molecule has 0 saturated heterocycles. The summed E-state index contributed by atoms with van der Waals surface area (Å²) in [6.07, 6.45) is 0.744. The van der Waals surface area contributed by atoms with E-state index in [0.717, 1.165) is 11.8 Å². The Hall–Kier alpha value is -0.830. The third-order valence-corrected chi connectivity index (χ3v) is 4.19. The molecule has 0 radical (unpaired) electrons.